The summed E-state index contributed by atoms with van der Waals surface area (Å²) in [6.45, 7) is 1.91. The van der Waals surface area contributed by atoms with Crippen LogP contribution in [0, 0.1) is 0 Å². The first-order valence-electron chi connectivity index (χ1n) is 9.38. The standard InChI is InChI=1S/C21H21N3O5/c1-2-21(15-6-4-3-5-7-15)19(26)24(20(27)23-21)12-18(25)22-11-14-8-9-16-17(10-14)29-13-28-16/h3-10H,2,11-13H2,1H3,(H,22,25)(H,23,27). The van der Waals surface area contributed by atoms with Crippen molar-refractivity contribution >= 4 is 17.8 Å². The Morgan fingerprint density at radius 2 is 1.90 bits per heavy atom. The highest BCUT2D eigenvalue weighted by atomic mass is 16.7. The molecule has 0 aliphatic carbocycles. The second-order valence-electron chi connectivity index (χ2n) is 6.91. The SMILES string of the molecule is CCC1(c2ccccc2)NC(=O)N(CC(=O)NCc2ccc3c(c2)OCO3)C1=O. The van der Waals surface area contributed by atoms with Crippen LogP contribution in [-0.4, -0.2) is 36.1 Å². The number of urea groups is 1. The van der Waals surface area contributed by atoms with Crippen LogP contribution in [0.15, 0.2) is 48.5 Å². The van der Waals surface area contributed by atoms with Crippen molar-refractivity contribution in [3.63, 3.8) is 0 Å². The largest absolute Gasteiger partial charge is 0.454 e. The normalized spacial score (nSPS) is 20.0. The summed E-state index contributed by atoms with van der Waals surface area (Å²) < 4.78 is 10.6. The van der Waals surface area contributed by atoms with Crippen molar-refractivity contribution < 1.29 is 23.9 Å². The van der Waals surface area contributed by atoms with Crippen LogP contribution in [0.25, 0.3) is 0 Å². The number of nitrogens with one attached hydrogen (secondary N) is 2. The molecule has 1 fully saturated rings. The van der Waals surface area contributed by atoms with E-state index in [0.29, 0.717) is 23.5 Å². The molecule has 2 aliphatic heterocycles. The summed E-state index contributed by atoms with van der Waals surface area (Å²) in [5.74, 6) is 0.443. The van der Waals surface area contributed by atoms with Gasteiger partial charge in [0.05, 0.1) is 0 Å². The average molecular weight is 395 g/mol. The van der Waals surface area contributed by atoms with Gasteiger partial charge in [-0.3, -0.25) is 14.5 Å². The second kappa shape index (κ2) is 7.46. The highest BCUT2D eigenvalue weighted by Gasteiger charge is 2.51. The number of hydrogen-bond acceptors (Lipinski definition) is 5. The molecular formula is C21H21N3O5. The molecule has 8 heteroatoms. The van der Waals surface area contributed by atoms with Crippen molar-refractivity contribution in [3.05, 3.63) is 59.7 Å². The molecule has 0 bridgehead atoms. The van der Waals surface area contributed by atoms with Gasteiger partial charge in [0, 0.05) is 6.54 Å². The van der Waals surface area contributed by atoms with E-state index in [1.165, 1.54) is 0 Å². The summed E-state index contributed by atoms with van der Waals surface area (Å²) >= 11 is 0. The lowest BCUT2D eigenvalue weighted by atomic mass is 9.87. The van der Waals surface area contributed by atoms with E-state index >= 15 is 0 Å². The Labute approximate surface area is 167 Å². The van der Waals surface area contributed by atoms with Gasteiger partial charge in [-0.1, -0.05) is 43.3 Å². The van der Waals surface area contributed by atoms with Crippen molar-refractivity contribution in [1.82, 2.24) is 15.5 Å². The molecule has 2 aliphatic rings. The van der Waals surface area contributed by atoms with Gasteiger partial charge in [0.15, 0.2) is 11.5 Å². The van der Waals surface area contributed by atoms with Gasteiger partial charge in [-0.15, -0.1) is 0 Å². The average Bonchev–Trinajstić information content (AvgIpc) is 3.31. The van der Waals surface area contributed by atoms with E-state index in [2.05, 4.69) is 10.6 Å². The van der Waals surface area contributed by atoms with E-state index in [4.69, 9.17) is 9.47 Å². The minimum atomic E-state index is -1.14. The maximum Gasteiger partial charge on any atom is 0.325 e. The van der Waals surface area contributed by atoms with Crippen molar-refractivity contribution in [3.8, 4) is 11.5 Å². The quantitative estimate of drug-likeness (QED) is 0.728. The molecule has 2 aromatic rings. The third kappa shape index (κ3) is 3.37. The van der Waals surface area contributed by atoms with Gasteiger partial charge in [-0.2, -0.15) is 0 Å². The van der Waals surface area contributed by atoms with Gasteiger partial charge < -0.3 is 20.1 Å². The Morgan fingerprint density at radius 1 is 1.14 bits per heavy atom. The first-order chi connectivity index (χ1) is 14.0. The summed E-state index contributed by atoms with van der Waals surface area (Å²) in [6, 6.07) is 13.9. The van der Waals surface area contributed by atoms with E-state index in [1.807, 2.05) is 31.2 Å². The number of imide groups is 1. The summed E-state index contributed by atoms with van der Waals surface area (Å²) in [7, 11) is 0. The van der Waals surface area contributed by atoms with Crippen LogP contribution in [0.2, 0.25) is 0 Å². The Hall–Kier alpha value is -3.55. The predicted molar refractivity (Wildman–Crippen MR) is 103 cm³/mol. The highest BCUT2D eigenvalue weighted by molar-refractivity contribution is 6.09. The Morgan fingerprint density at radius 3 is 2.66 bits per heavy atom. The van der Waals surface area contributed by atoms with Crippen LogP contribution in [0.5, 0.6) is 11.5 Å². The molecule has 2 heterocycles. The third-order valence-electron chi connectivity index (χ3n) is 5.20. The molecular weight excluding hydrogens is 374 g/mol. The molecule has 1 atom stereocenters. The summed E-state index contributed by atoms with van der Waals surface area (Å²) in [4.78, 5) is 38.8. The number of ether oxygens (including phenoxy) is 2. The van der Waals surface area contributed by atoms with Crippen LogP contribution in [0.3, 0.4) is 0 Å². The number of amides is 4. The van der Waals surface area contributed by atoms with Crippen LogP contribution in [-0.2, 0) is 21.7 Å². The molecule has 2 N–H and O–H groups in total. The monoisotopic (exact) mass is 395 g/mol. The molecule has 8 nitrogen and oxygen atoms in total. The third-order valence-corrected chi connectivity index (χ3v) is 5.20. The van der Waals surface area contributed by atoms with Gasteiger partial charge in [-0.25, -0.2) is 4.79 Å². The second-order valence-corrected chi connectivity index (χ2v) is 6.91. The maximum absolute atomic E-state index is 13.0. The van der Waals surface area contributed by atoms with Crippen molar-refractivity contribution in [2.45, 2.75) is 25.4 Å². The van der Waals surface area contributed by atoms with E-state index in [-0.39, 0.29) is 19.9 Å². The number of fused-ring (bicyclic) bond motifs is 1. The van der Waals surface area contributed by atoms with Crippen LogP contribution in [0.1, 0.15) is 24.5 Å². The number of rotatable bonds is 6. The lowest BCUT2D eigenvalue weighted by molar-refractivity contribution is -0.135. The maximum atomic E-state index is 13.0. The van der Waals surface area contributed by atoms with Gasteiger partial charge in [0.2, 0.25) is 12.7 Å². The zero-order chi connectivity index (χ0) is 20.4. The molecule has 2 aromatic carbocycles. The Bertz CT molecular complexity index is 962. The first-order valence-corrected chi connectivity index (χ1v) is 9.38. The molecule has 0 spiro atoms. The molecule has 150 valence electrons. The fraction of sp³-hybridized carbons (Fsp3) is 0.286. The number of hydrogen-bond donors (Lipinski definition) is 2. The number of carbonyl (C=O) groups excluding carboxylic acids is 3. The summed E-state index contributed by atoms with van der Waals surface area (Å²) in [5, 5.41) is 5.50. The fourth-order valence-electron chi connectivity index (χ4n) is 3.58. The molecule has 1 saturated heterocycles. The smallest absolute Gasteiger partial charge is 0.325 e. The molecule has 1 unspecified atom stereocenters. The molecule has 4 rings (SSSR count). The van der Waals surface area contributed by atoms with Gasteiger partial charge in [0.25, 0.3) is 5.91 Å². The highest BCUT2D eigenvalue weighted by Crippen LogP contribution is 2.33. The lowest BCUT2D eigenvalue weighted by Gasteiger charge is -2.25. The first kappa shape index (κ1) is 18.8. The van der Waals surface area contributed by atoms with Crippen LogP contribution in [0.4, 0.5) is 4.79 Å². The summed E-state index contributed by atoms with van der Waals surface area (Å²) in [6.07, 6.45) is 0.386. The number of benzene rings is 2. The van der Waals surface area contributed by atoms with Crippen molar-refractivity contribution in [1.29, 1.82) is 0 Å². The van der Waals surface area contributed by atoms with E-state index in [0.717, 1.165) is 10.5 Å². The molecule has 29 heavy (non-hydrogen) atoms. The van der Waals surface area contributed by atoms with Gasteiger partial charge in [-0.05, 0) is 29.7 Å². The van der Waals surface area contributed by atoms with Crippen LogP contribution < -0.4 is 20.1 Å². The molecule has 0 radical (unpaired) electrons. The van der Waals surface area contributed by atoms with Gasteiger partial charge >= 0.3 is 6.03 Å². The van der Waals surface area contributed by atoms with E-state index in [1.54, 1.807) is 24.3 Å². The minimum Gasteiger partial charge on any atom is -0.454 e. The number of carbonyl (C=O) groups is 3. The minimum absolute atomic E-state index is 0.178. The molecule has 0 aromatic heterocycles. The Kier molecular flexibility index (Phi) is 4.84. The van der Waals surface area contributed by atoms with Crippen LogP contribution >= 0.6 is 0 Å². The Balaban J connectivity index is 1.41. The summed E-state index contributed by atoms with van der Waals surface area (Å²) in [5.41, 5.74) is 0.381. The van der Waals surface area contributed by atoms with Gasteiger partial charge in [0.1, 0.15) is 12.1 Å². The lowest BCUT2D eigenvalue weighted by Crippen LogP contribution is -2.44. The van der Waals surface area contributed by atoms with E-state index in [9.17, 15) is 14.4 Å². The zero-order valence-electron chi connectivity index (χ0n) is 15.9. The van der Waals surface area contributed by atoms with Crippen molar-refractivity contribution in [2.75, 3.05) is 13.3 Å². The fourth-order valence-corrected chi connectivity index (χ4v) is 3.58. The van der Waals surface area contributed by atoms with Crippen molar-refractivity contribution in [2.24, 2.45) is 0 Å². The number of nitrogens with zero attached hydrogens (tertiary/aromatic N) is 1. The predicted octanol–water partition coefficient (Wildman–Crippen LogP) is 1.89. The topological polar surface area (TPSA) is 97.0 Å². The molecule has 4 amide bonds. The molecule has 0 saturated carbocycles. The zero-order valence-corrected chi connectivity index (χ0v) is 15.9. The van der Waals surface area contributed by atoms with E-state index < -0.39 is 23.4 Å².